The molecule has 0 amide bonds. The average molecular weight is 432 g/mol. The first kappa shape index (κ1) is 19.1. The maximum atomic E-state index is 12.7. The Bertz CT molecular complexity index is 1230. The first-order valence-corrected chi connectivity index (χ1v) is 11.2. The lowest BCUT2D eigenvalue weighted by Gasteiger charge is -2.18. The van der Waals surface area contributed by atoms with E-state index in [1.165, 1.54) is 48.5 Å². The predicted octanol–water partition coefficient (Wildman–Crippen LogP) is 1.93. The van der Waals surface area contributed by atoms with Crippen LogP contribution in [0.25, 0.3) is 0 Å². The number of carbonyl (C=O) groups is 2. The molecule has 148 valence electrons. The predicted molar refractivity (Wildman–Crippen MR) is 99.3 cm³/mol. The molecule has 0 atom stereocenters. The van der Waals surface area contributed by atoms with Gasteiger partial charge in [-0.2, -0.15) is 0 Å². The molecule has 0 spiro atoms. The van der Waals surface area contributed by atoms with Gasteiger partial charge in [0.15, 0.2) is 9.81 Å². The van der Waals surface area contributed by atoms with E-state index >= 15 is 0 Å². The fourth-order valence-corrected chi connectivity index (χ4v) is 5.82. The topological polar surface area (TPSA) is 121 Å². The summed E-state index contributed by atoms with van der Waals surface area (Å²) in [6, 6.07) is 11.3. The molecule has 2 aromatic carbocycles. The third kappa shape index (κ3) is 3.06. The quantitative estimate of drug-likeness (QED) is 0.401. The Morgan fingerprint density at radius 1 is 0.655 bits per heavy atom. The smallest absolute Gasteiger partial charge is 0.355 e. The number of benzene rings is 2. The highest BCUT2D eigenvalue weighted by Crippen LogP contribution is 2.36. The third-order valence-electron chi connectivity index (χ3n) is 4.27. The summed E-state index contributed by atoms with van der Waals surface area (Å²) >= 11 is 0. The number of para-hydroxylation sites is 2. The van der Waals surface area contributed by atoms with Crippen molar-refractivity contribution in [2.75, 3.05) is 0 Å². The molecule has 2 heterocycles. The summed E-state index contributed by atoms with van der Waals surface area (Å²) in [5.41, 5.74) is 0. The Balaban J connectivity index is 1.71. The molecule has 2 aliphatic rings. The summed E-state index contributed by atoms with van der Waals surface area (Å²) in [4.78, 5) is 22.6. The molecule has 29 heavy (non-hydrogen) atoms. The fraction of sp³-hybridized carbons (Fsp3) is 0.0526. The van der Waals surface area contributed by atoms with Crippen molar-refractivity contribution >= 4 is 31.6 Å². The van der Waals surface area contributed by atoms with Gasteiger partial charge >= 0.3 is 11.9 Å². The monoisotopic (exact) mass is 432 g/mol. The minimum atomic E-state index is -4.13. The lowest BCUT2D eigenvalue weighted by molar-refractivity contribution is -0.130. The number of rotatable bonds is 2. The van der Waals surface area contributed by atoms with E-state index in [4.69, 9.17) is 9.47 Å². The van der Waals surface area contributed by atoms with Crippen molar-refractivity contribution in [3.05, 3.63) is 70.5 Å². The molecule has 0 bridgehead atoms. The van der Waals surface area contributed by atoms with Crippen molar-refractivity contribution in [2.24, 2.45) is 0 Å². The van der Waals surface area contributed by atoms with Gasteiger partial charge in [0.05, 0.1) is 0 Å². The maximum absolute atomic E-state index is 12.7. The molecule has 8 nitrogen and oxygen atoms in total. The third-order valence-corrected chi connectivity index (χ3v) is 7.93. The van der Waals surface area contributed by atoms with Crippen molar-refractivity contribution in [1.29, 1.82) is 0 Å². The van der Waals surface area contributed by atoms with Crippen LogP contribution in [0.4, 0.5) is 0 Å². The van der Waals surface area contributed by atoms with Crippen LogP contribution in [0.15, 0.2) is 80.3 Å². The van der Waals surface area contributed by atoms with Crippen LogP contribution in [0.3, 0.4) is 0 Å². The minimum Gasteiger partial charge on any atom is -0.421 e. The number of sulfone groups is 2. The Labute approximate surface area is 165 Å². The minimum absolute atomic E-state index is 0.0805. The summed E-state index contributed by atoms with van der Waals surface area (Å²) in [7, 11) is -8.27. The van der Waals surface area contributed by atoms with E-state index in [-0.39, 0.29) is 27.7 Å². The molecule has 0 saturated heterocycles. The molecule has 0 unspecified atom stereocenters. The molecule has 0 N–H and O–H groups in total. The number of fused-ring (bicyclic) bond motifs is 2. The van der Waals surface area contributed by atoms with Crippen LogP contribution < -0.4 is 9.47 Å². The zero-order chi connectivity index (χ0) is 20.8. The largest absolute Gasteiger partial charge is 0.421 e. The molecular weight excluding hydrogens is 420 g/mol. The van der Waals surface area contributed by atoms with Gasteiger partial charge in [-0.3, -0.25) is 0 Å². The first-order chi connectivity index (χ1) is 13.7. The van der Waals surface area contributed by atoms with Crippen LogP contribution in [0.2, 0.25) is 0 Å². The van der Waals surface area contributed by atoms with Gasteiger partial charge in [0, 0.05) is 0 Å². The molecule has 10 heteroatoms. The van der Waals surface area contributed by atoms with Crippen LogP contribution in [0.1, 0.15) is 6.42 Å². The van der Waals surface area contributed by atoms with Gasteiger partial charge < -0.3 is 9.47 Å². The van der Waals surface area contributed by atoms with Gasteiger partial charge in [-0.25, -0.2) is 26.4 Å². The van der Waals surface area contributed by atoms with E-state index in [1.54, 1.807) is 0 Å². The second-order valence-electron chi connectivity index (χ2n) is 6.05. The number of ether oxygens (including phenoxy) is 2. The van der Waals surface area contributed by atoms with E-state index in [0.717, 1.165) is 12.2 Å². The Morgan fingerprint density at radius 3 is 1.45 bits per heavy atom. The van der Waals surface area contributed by atoms with E-state index in [9.17, 15) is 26.4 Å². The molecule has 0 aromatic heterocycles. The van der Waals surface area contributed by atoms with Gasteiger partial charge in [-0.1, -0.05) is 36.4 Å². The highest BCUT2D eigenvalue weighted by atomic mass is 32.2. The SMILES string of the molecule is O=C1Oc2ccccc2S(=O)(=O)C1=CCC=C1C(=O)Oc2ccccc2S1(=O)=O. The molecule has 0 saturated carbocycles. The number of allylic oxidation sites excluding steroid dienone is 2. The van der Waals surface area contributed by atoms with Crippen molar-refractivity contribution in [3.63, 3.8) is 0 Å². The lowest BCUT2D eigenvalue weighted by atomic mass is 10.3. The highest BCUT2D eigenvalue weighted by Gasteiger charge is 2.38. The van der Waals surface area contributed by atoms with Gasteiger partial charge in [0.2, 0.25) is 19.7 Å². The Kier molecular flexibility index (Phi) is 4.39. The summed E-state index contributed by atoms with van der Waals surface area (Å²) in [5.74, 6) is -2.32. The summed E-state index contributed by atoms with van der Waals surface area (Å²) in [6.45, 7) is 0. The average Bonchev–Trinajstić information content (AvgIpc) is 2.66. The normalized spacial score (nSPS) is 21.8. The molecule has 0 radical (unpaired) electrons. The second-order valence-corrected chi connectivity index (χ2v) is 9.82. The molecule has 2 aliphatic heterocycles. The molecular formula is C19H12O8S2. The van der Waals surface area contributed by atoms with Crippen LogP contribution in [-0.2, 0) is 29.3 Å². The molecule has 2 aromatic rings. The maximum Gasteiger partial charge on any atom is 0.355 e. The number of hydrogen-bond donors (Lipinski definition) is 0. The first-order valence-electron chi connectivity index (χ1n) is 8.26. The van der Waals surface area contributed by atoms with E-state index in [0.29, 0.717) is 0 Å². The van der Waals surface area contributed by atoms with Gasteiger partial charge in [-0.15, -0.1) is 0 Å². The summed E-state index contributed by atoms with van der Waals surface area (Å²) in [5, 5.41) is 0. The van der Waals surface area contributed by atoms with Crippen molar-refractivity contribution in [1.82, 2.24) is 0 Å². The van der Waals surface area contributed by atoms with Crippen molar-refractivity contribution in [2.45, 2.75) is 16.2 Å². The van der Waals surface area contributed by atoms with E-state index in [2.05, 4.69) is 0 Å². The summed E-state index contributed by atoms with van der Waals surface area (Å²) in [6.07, 6.45) is 1.69. The van der Waals surface area contributed by atoms with Gasteiger partial charge in [0.25, 0.3) is 0 Å². The lowest BCUT2D eigenvalue weighted by Crippen LogP contribution is -2.26. The highest BCUT2D eigenvalue weighted by molar-refractivity contribution is 7.96. The van der Waals surface area contributed by atoms with Crippen molar-refractivity contribution < 1.29 is 35.9 Å². The van der Waals surface area contributed by atoms with Crippen LogP contribution in [-0.4, -0.2) is 28.8 Å². The molecule has 0 fully saturated rings. The summed E-state index contributed by atoms with van der Waals surface area (Å²) < 4.78 is 60.6. The molecule has 4 rings (SSSR count). The van der Waals surface area contributed by atoms with Crippen molar-refractivity contribution in [3.8, 4) is 11.5 Å². The second kappa shape index (κ2) is 6.68. The van der Waals surface area contributed by atoms with E-state index in [1.807, 2.05) is 0 Å². The number of hydrogen-bond acceptors (Lipinski definition) is 8. The standard InChI is InChI=1S/C19H12O8S2/c20-18-16(28(22,23)14-8-3-1-6-12(14)26-18)10-5-11-17-19(21)27-13-7-2-4-9-15(13)29(17,24)25/h1-4,6-11H,5H2. The Hall–Kier alpha value is -3.24. The van der Waals surface area contributed by atoms with Crippen LogP contribution >= 0.6 is 0 Å². The van der Waals surface area contributed by atoms with Gasteiger partial charge in [0.1, 0.15) is 21.3 Å². The Morgan fingerprint density at radius 2 is 1.03 bits per heavy atom. The van der Waals surface area contributed by atoms with E-state index < -0.39 is 41.4 Å². The zero-order valence-corrected chi connectivity index (χ0v) is 16.2. The van der Waals surface area contributed by atoms with Crippen LogP contribution in [0.5, 0.6) is 11.5 Å². The number of carbonyl (C=O) groups excluding carboxylic acids is 2. The fourth-order valence-electron chi connectivity index (χ4n) is 2.93. The molecule has 0 aliphatic carbocycles. The van der Waals surface area contributed by atoms with Gasteiger partial charge in [-0.05, 0) is 30.7 Å². The zero-order valence-electron chi connectivity index (χ0n) is 14.6. The number of esters is 2. The van der Waals surface area contributed by atoms with Crippen LogP contribution in [0, 0.1) is 0 Å².